The van der Waals surface area contributed by atoms with E-state index < -0.39 is 38.6 Å². The van der Waals surface area contributed by atoms with Crippen molar-refractivity contribution in [2.75, 3.05) is 19.8 Å². The van der Waals surface area contributed by atoms with Gasteiger partial charge in [-0.1, -0.05) is 127 Å². The van der Waals surface area contributed by atoms with Gasteiger partial charge in [0, 0.05) is 6.54 Å². The molecule has 10 heteroatoms. The topological polar surface area (TPSA) is 151 Å². The maximum atomic E-state index is 12.7. The molecule has 0 aliphatic carbocycles. The lowest BCUT2D eigenvalue weighted by Gasteiger charge is -2.24. The van der Waals surface area contributed by atoms with Crippen LogP contribution in [-0.4, -0.2) is 59.0 Å². The molecule has 0 saturated heterocycles. The first-order valence-corrected chi connectivity index (χ1v) is 20.2. The number of nitrogens with one attached hydrogen (secondary N) is 1. The van der Waals surface area contributed by atoms with Crippen LogP contribution in [0.4, 0.5) is 0 Å². The molecular formula is C37H71N2O7P. The first kappa shape index (κ1) is 45.7. The summed E-state index contributed by atoms with van der Waals surface area (Å²) in [5.41, 5.74) is 5.33. The average molecular weight is 687 g/mol. The van der Waals surface area contributed by atoms with E-state index in [1.54, 1.807) is 6.08 Å². The van der Waals surface area contributed by atoms with E-state index in [1.165, 1.54) is 77.0 Å². The zero-order valence-electron chi connectivity index (χ0n) is 29.9. The minimum Gasteiger partial charge on any atom is -0.393 e. The summed E-state index contributed by atoms with van der Waals surface area (Å²) in [4.78, 5) is 22.6. The van der Waals surface area contributed by atoms with Crippen LogP contribution in [0.15, 0.2) is 36.5 Å². The number of allylic oxidation sites excluding steroid dienone is 5. The van der Waals surface area contributed by atoms with Gasteiger partial charge in [-0.15, -0.1) is 0 Å². The van der Waals surface area contributed by atoms with Gasteiger partial charge in [0.05, 0.1) is 37.9 Å². The summed E-state index contributed by atoms with van der Waals surface area (Å²) in [6, 6.07) is -0.999. The molecule has 0 radical (unpaired) electrons. The highest BCUT2D eigenvalue weighted by Crippen LogP contribution is 2.43. The maximum absolute atomic E-state index is 12.7. The zero-order valence-corrected chi connectivity index (χ0v) is 30.8. The fourth-order valence-corrected chi connectivity index (χ4v) is 5.88. The number of phosphoric acid groups is 1. The second-order valence-corrected chi connectivity index (χ2v) is 14.1. The average Bonchev–Trinajstić information content (AvgIpc) is 3.04. The van der Waals surface area contributed by atoms with Crippen molar-refractivity contribution in [3.8, 4) is 0 Å². The van der Waals surface area contributed by atoms with E-state index in [1.807, 2.05) is 6.08 Å². The lowest BCUT2D eigenvalue weighted by Crippen LogP contribution is -2.46. The van der Waals surface area contributed by atoms with Gasteiger partial charge < -0.3 is 26.2 Å². The summed E-state index contributed by atoms with van der Waals surface area (Å²) in [5, 5.41) is 23.9. The number of nitrogens with two attached hydrogens (primary N) is 1. The molecule has 0 aromatic rings. The van der Waals surface area contributed by atoms with Crippen LogP contribution in [0.1, 0.15) is 155 Å². The van der Waals surface area contributed by atoms with Crippen LogP contribution in [-0.2, 0) is 18.4 Å². The summed E-state index contributed by atoms with van der Waals surface area (Å²) in [7, 11) is -4.40. The lowest BCUT2D eigenvalue weighted by atomic mass is 10.0. The van der Waals surface area contributed by atoms with Crippen molar-refractivity contribution in [1.29, 1.82) is 0 Å². The molecule has 0 aromatic heterocycles. The Morgan fingerprint density at radius 1 is 0.723 bits per heavy atom. The Labute approximate surface area is 287 Å². The van der Waals surface area contributed by atoms with E-state index in [2.05, 4.69) is 43.5 Å². The third-order valence-electron chi connectivity index (χ3n) is 7.99. The first-order chi connectivity index (χ1) is 22.8. The molecule has 0 aliphatic heterocycles. The Morgan fingerprint density at radius 2 is 1.21 bits per heavy atom. The van der Waals surface area contributed by atoms with E-state index in [-0.39, 0.29) is 19.6 Å². The van der Waals surface area contributed by atoms with Crippen molar-refractivity contribution in [3.63, 3.8) is 0 Å². The lowest BCUT2D eigenvalue weighted by molar-refractivity contribution is -0.124. The van der Waals surface area contributed by atoms with Crippen molar-refractivity contribution >= 4 is 13.7 Å². The van der Waals surface area contributed by atoms with Crippen LogP contribution in [0.2, 0.25) is 0 Å². The molecule has 0 saturated carbocycles. The predicted octanol–water partition coefficient (Wildman–Crippen LogP) is 8.58. The molecule has 4 unspecified atom stereocenters. The minimum atomic E-state index is -4.40. The standard InChI is InChI=1S/C37H71N2O7P/c1-3-5-7-9-11-13-15-17-18-20-22-24-26-28-34(40)32-37(42)39-35(33-46-47(43,44)45-31-30-38)36(41)29-27-25-23-21-19-16-14-12-10-8-6-4-2/h13,15,19,21,27,29,34-36,40-41H,3-12,14,16-18,20,22-26,28,30-33,38H2,1-2H3,(H,39,42)(H,43,44)/b15-13-,21-19+,29-27+. The van der Waals surface area contributed by atoms with E-state index in [0.29, 0.717) is 12.8 Å². The number of amides is 1. The number of phosphoric ester groups is 1. The van der Waals surface area contributed by atoms with Gasteiger partial charge in [-0.25, -0.2) is 4.57 Å². The van der Waals surface area contributed by atoms with Gasteiger partial charge in [-0.3, -0.25) is 13.8 Å². The van der Waals surface area contributed by atoms with Crippen molar-refractivity contribution in [2.45, 2.75) is 173 Å². The number of hydrogen-bond acceptors (Lipinski definition) is 7. The third-order valence-corrected chi connectivity index (χ3v) is 8.98. The molecule has 47 heavy (non-hydrogen) atoms. The molecule has 0 rings (SSSR count). The van der Waals surface area contributed by atoms with Crippen molar-refractivity contribution in [1.82, 2.24) is 5.32 Å². The van der Waals surface area contributed by atoms with Gasteiger partial charge >= 0.3 is 7.82 Å². The van der Waals surface area contributed by atoms with Crippen LogP contribution in [0.25, 0.3) is 0 Å². The summed E-state index contributed by atoms with van der Waals surface area (Å²) < 4.78 is 21.9. The zero-order chi connectivity index (χ0) is 34.9. The molecule has 0 bridgehead atoms. The fourth-order valence-electron chi connectivity index (χ4n) is 5.12. The van der Waals surface area contributed by atoms with Crippen LogP contribution >= 0.6 is 7.82 Å². The molecular weight excluding hydrogens is 615 g/mol. The third kappa shape index (κ3) is 31.7. The first-order valence-electron chi connectivity index (χ1n) is 18.7. The summed E-state index contributed by atoms with van der Waals surface area (Å²) in [6.07, 6.45) is 33.7. The van der Waals surface area contributed by atoms with E-state index >= 15 is 0 Å². The molecule has 4 atom stereocenters. The van der Waals surface area contributed by atoms with Gasteiger partial charge in [0.15, 0.2) is 0 Å². The Balaban J connectivity index is 4.51. The summed E-state index contributed by atoms with van der Waals surface area (Å²) in [6.45, 7) is 3.88. The molecule has 0 fully saturated rings. The quantitative estimate of drug-likeness (QED) is 0.0257. The number of rotatable bonds is 34. The minimum absolute atomic E-state index is 0.0430. The van der Waals surface area contributed by atoms with Crippen LogP contribution in [0.5, 0.6) is 0 Å². The van der Waals surface area contributed by atoms with E-state index in [4.69, 9.17) is 14.8 Å². The number of carbonyl (C=O) groups is 1. The molecule has 0 spiro atoms. The highest BCUT2D eigenvalue weighted by molar-refractivity contribution is 7.47. The second-order valence-electron chi connectivity index (χ2n) is 12.6. The number of carbonyl (C=O) groups excluding carboxylic acids is 1. The van der Waals surface area contributed by atoms with Crippen molar-refractivity contribution in [3.05, 3.63) is 36.5 Å². The SMILES string of the molecule is CCCCCC/C=C\CCCCCCCC(O)CC(=O)NC(COP(=O)(O)OCCN)C(O)/C=C/CC/C=C/CCCCCCCC. The largest absolute Gasteiger partial charge is 0.472 e. The van der Waals surface area contributed by atoms with Crippen molar-refractivity contribution < 1.29 is 33.5 Å². The predicted molar refractivity (Wildman–Crippen MR) is 195 cm³/mol. The molecule has 9 nitrogen and oxygen atoms in total. The summed E-state index contributed by atoms with van der Waals surface area (Å²) in [5.74, 6) is -0.465. The number of aliphatic hydroxyl groups excluding tert-OH is 2. The van der Waals surface area contributed by atoms with Gasteiger partial charge in [0.1, 0.15) is 0 Å². The highest BCUT2D eigenvalue weighted by atomic mass is 31.2. The second kappa shape index (κ2) is 33.2. The van der Waals surface area contributed by atoms with Crippen LogP contribution in [0, 0.1) is 0 Å². The van der Waals surface area contributed by atoms with Gasteiger partial charge in [0.25, 0.3) is 0 Å². The summed E-state index contributed by atoms with van der Waals surface area (Å²) >= 11 is 0. The number of unbranched alkanes of at least 4 members (excludes halogenated alkanes) is 16. The Bertz CT molecular complexity index is 853. The molecule has 276 valence electrons. The van der Waals surface area contributed by atoms with Gasteiger partial charge in [-0.2, -0.15) is 0 Å². The van der Waals surface area contributed by atoms with E-state index in [0.717, 1.165) is 44.9 Å². The molecule has 0 heterocycles. The Kier molecular flexibility index (Phi) is 32.3. The number of hydrogen-bond donors (Lipinski definition) is 5. The molecule has 6 N–H and O–H groups in total. The molecule has 1 amide bonds. The van der Waals surface area contributed by atoms with E-state index in [9.17, 15) is 24.5 Å². The van der Waals surface area contributed by atoms with Gasteiger partial charge in [0.2, 0.25) is 5.91 Å². The van der Waals surface area contributed by atoms with Crippen molar-refractivity contribution in [2.24, 2.45) is 5.73 Å². The highest BCUT2D eigenvalue weighted by Gasteiger charge is 2.27. The Morgan fingerprint density at radius 3 is 1.79 bits per heavy atom. The van der Waals surface area contributed by atoms with Crippen LogP contribution in [0.3, 0.4) is 0 Å². The Hall–Kier alpha value is -1.32. The molecule has 0 aliphatic rings. The number of aliphatic hydroxyl groups is 2. The maximum Gasteiger partial charge on any atom is 0.472 e. The van der Waals surface area contributed by atoms with Gasteiger partial charge in [-0.05, 0) is 57.8 Å². The smallest absolute Gasteiger partial charge is 0.393 e. The van der Waals surface area contributed by atoms with Crippen LogP contribution < -0.4 is 11.1 Å². The monoisotopic (exact) mass is 686 g/mol. The fraction of sp³-hybridized carbons (Fsp3) is 0.811. The molecule has 0 aromatic carbocycles. The normalized spacial score (nSPS) is 15.4.